The molecule has 0 spiro atoms. The molecular formula is C12H20N2O2S. The molecule has 0 aliphatic heterocycles. The van der Waals surface area contributed by atoms with Gasteiger partial charge in [-0.15, -0.1) is 0 Å². The monoisotopic (exact) mass is 256 g/mol. The summed E-state index contributed by atoms with van der Waals surface area (Å²) in [7, 11) is -2.92. The molecule has 1 unspecified atom stereocenters. The van der Waals surface area contributed by atoms with Crippen molar-refractivity contribution in [1.29, 1.82) is 0 Å². The van der Waals surface area contributed by atoms with Gasteiger partial charge in [0.1, 0.15) is 9.84 Å². The number of nitrogens with zero attached hydrogens (tertiary/aromatic N) is 1. The molecule has 0 amide bonds. The predicted molar refractivity (Wildman–Crippen MR) is 69.7 cm³/mol. The molecular weight excluding hydrogens is 236 g/mol. The normalized spacial score (nSPS) is 13.6. The van der Waals surface area contributed by atoms with E-state index in [4.69, 9.17) is 0 Å². The van der Waals surface area contributed by atoms with Crippen LogP contribution in [0.4, 0.5) is 0 Å². The molecule has 1 rings (SSSR count). The number of nitrogens with one attached hydrogen (secondary N) is 1. The molecule has 0 saturated heterocycles. The highest BCUT2D eigenvalue weighted by atomic mass is 32.2. The number of pyridine rings is 1. The molecule has 0 aliphatic rings. The van der Waals surface area contributed by atoms with E-state index in [1.54, 1.807) is 0 Å². The highest BCUT2D eigenvalue weighted by Gasteiger charge is 2.09. The second kappa shape index (κ2) is 5.60. The predicted octanol–water partition coefficient (Wildman–Crippen LogP) is 1.22. The van der Waals surface area contributed by atoms with E-state index in [0.717, 1.165) is 16.8 Å². The van der Waals surface area contributed by atoms with Crippen molar-refractivity contribution in [2.75, 3.05) is 12.0 Å². The Kier molecular flexibility index (Phi) is 4.65. The Labute approximate surface area is 103 Å². The first kappa shape index (κ1) is 14.1. The SMILES string of the molecule is Cc1cc(CNC(C)CS(C)(=O)=O)cnc1C. The lowest BCUT2D eigenvalue weighted by Crippen LogP contribution is -2.32. The van der Waals surface area contributed by atoms with Gasteiger partial charge in [0.05, 0.1) is 5.75 Å². The molecule has 0 fully saturated rings. The van der Waals surface area contributed by atoms with E-state index in [2.05, 4.69) is 16.4 Å². The molecule has 0 radical (unpaired) electrons. The van der Waals surface area contributed by atoms with E-state index in [1.807, 2.05) is 27.0 Å². The molecule has 0 aromatic carbocycles. The quantitative estimate of drug-likeness (QED) is 0.860. The zero-order valence-electron chi connectivity index (χ0n) is 10.8. The van der Waals surface area contributed by atoms with E-state index in [9.17, 15) is 8.42 Å². The summed E-state index contributed by atoms with van der Waals surface area (Å²) in [6.45, 7) is 6.50. The molecule has 1 heterocycles. The van der Waals surface area contributed by atoms with Crippen LogP contribution >= 0.6 is 0 Å². The van der Waals surface area contributed by atoms with Crippen LogP contribution < -0.4 is 5.32 Å². The Morgan fingerprint density at radius 2 is 2.06 bits per heavy atom. The van der Waals surface area contributed by atoms with Crippen LogP contribution in [0.1, 0.15) is 23.7 Å². The number of hydrogen-bond acceptors (Lipinski definition) is 4. The average molecular weight is 256 g/mol. The second-order valence-corrected chi connectivity index (χ2v) is 6.81. The second-order valence-electron chi connectivity index (χ2n) is 4.62. The van der Waals surface area contributed by atoms with Crippen molar-refractivity contribution in [3.05, 3.63) is 29.1 Å². The van der Waals surface area contributed by atoms with Gasteiger partial charge < -0.3 is 5.32 Å². The van der Waals surface area contributed by atoms with Gasteiger partial charge in [-0.2, -0.15) is 0 Å². The summed E-state index contributed by atoms with van der Waals surface area (Å²) in [6, 6.07) is 2.02. The number of aromatic nitrogens is 1. The summed E-state index contributed by atoms with van der Waals surface area (Å²) in [5.41, 5.74) is 3.26. The zero-order valence-corrected chi connectivity index (χ0v) is 11.6. The molecule has 17 heavy (non-hydrogen) atoms. The van der Waals surface area contributed by atoms with E-state index >= 15 is 0 Å². The van der Waals surface area contributed by atoms with Gasteiger partial charge in [-0.25, -0.2) is 8.42 Å². The summed E-state index contributed by atoms with van der Waals surface area (Å²) in [6.07, 6.45) is 3.07. The molecule has 0 saturated carbocycles. The first-order valence-electron chi connectivity index (χ1n) is 5.61. The fraction of sp³-hybridized carbons (Fsp3) is 0.583. The van der Waals surface area contributed by atoms with E-state index < -0.39 is 9.84 Å². The molecule has 96 valence electrons. The summed E-state index contributed by atoms with van der Waals surface area (Å²) in [5.74, 6) is 0.158. The van der Waals surface area contributed by atoms with Crippen molar-refractivity contribution in [3.63, 3.8) is 0 Å². The van der Waals surface area contributed by atoms with Crippen LogP contribution in [0.3, 0.4) is 0 Å². The van der Waals surface area contributed by atoms with Crippen LogP contribution in [0, 0.1) is 13.8 Å². The highest BCUT2D eigenvalue weighted by molar-refractivity contribution is 7.90. The van der Waals surface area contributed by atoms with Gasteiger partial charge in [0.15, 0.2) is 0 Å². The van der Waals surface area contributed by atoms with Gasteiger partial charge in [-0.1, -0.05) is 6.07 Å². The van der Waals surface area contributed by atoms with Gasteiger partial charge in [0.25, 0.3) is 0 Å². The minimum absolute atomic E-state index is 0.0494. The third kappa shape index (κ3) is 5.28. The summed E-state index contributed by atoms with van der Waals surface area (Å²) in [5, 5.41) is 3.18. The average Bonchev–Trinajstić information content (AvgIpc) is 2.17. The van der Waals surface area contributed by atoms with Gasteiger partial charge in [-0.05, 0) is 31.9 Å². The lowest BCUT2D eigenvalue weighted by Gasteiger charge is -2.13. The van der Waals surface area contributed by atoms with Gasteiger partial charge >= 0.3 is 0 Å². The highest BCUT2D eigenvalue weighted by Crippen LogP contribution is 2.06. The van der Waals surface area contributed by atoms with Crippen LogP contribution in [0.15, 0.2) is 12.3 Å². The maximum atomic E-state index is 11.1. The number of hydrogen-bond donors (Lipinski definition) is 1. The Bertz CT molecular complexity index is 483. The van der Waals surface area contributed by atoms with Crippen molar-refractivity contribution in [2.24, 2.45) is 0 Å². The smallest absolute Gasteiger partial charge is 0.148 e. The van der Waals surface area contributed by atoms with Crippen molar-refractivity contribution in [1.82, 2.24) is 10.3 Å². The van der Waals surface area contributed by atoms with Crippen molar-refractivity contribution >= 4 is 9.84 Å². The van der Waals surface area contributed by atoms with E-state index in [-0.39, 0.29) is 11.8 Å². The van der Waals surface area contributed by atoms with E-state index in [0.29, 0.717) is 6.54 Å². The van der Waals surface area contributed by atoms with Crippen molar-refractivity contribution in [2.45, 2.75) is 33.4 Å². The summed E-state index contributed by atoms with van der Waals surface area (Å²) >= 11 is 0. The van der Waals surface area contributed by atoms with Crippen LogP contribution in [-0.2, 0) is 16.4 Å². The lowest BCUT2D eigenvalue weighted by molar-refractivity contribution is 0.559. The summed E-state index contributed by atoms with van der Waals surface area (Å²) in [4.78, 5) is 4.27. The molecule has 1 aromatic heterocycles. The lowest BCUT2D eigenvalue weighted by atomic mass is 10.1. The molecule has 5 heteroatoms. The minimum Gasteiger partial charge on any atom is -0.309 e. The van der Waals surface area contributed by atoms with Crippen LogP contribution in [0.5, 0.6) is 0 Å². The molecule has 1 aromatic rings. The number of rotatable bonds is 5. The molecule has 1 atom stereocenters. The van der Waals surface area contributed by atoms with Gasteiger partial charge in [0.2, 0.25) is 0 Å². The molecule has 1 N–H and O–H groups in total. The number of aryl methyl sites for hydroxylation is 2. The first-order chi connectivity index (χ1) is 7.78. The first-order valence-corrected chi connectivity index (χ1v) is 7.67. The third-order valence-corrected chi connectivity index (χ3v) is 3.71. The van der Waals surface area contributed by atoms with Gasteiger partial charge in [0, 0.05) is 30.7 Å². The number of sulfone groups is 1. The maximum Gasteiger partial charge on any atom is 0.148 e. The maximum absolute atomic E-state index is 11.1. The standard InChI is InChI=1S/C12H20N2O2S/c1-9-5-12(7-14-11(9)3)6-13-10(2)8-17(4,15)16/h5,7,10,13H,6,8H2,1-4H3. The van der Waals surface area contributed by atoms with Crippen LogP contribution in [-0.4, -0.2) is 31.5 Å². The fourth-order valence-corrected chi connectivity index (χ4v) is 2.63. The third-order valence-electron chi connectivity index (χ3n) is 2.60. The Morgan fingerprint density at radius 3 is 2.59 bits per heavy atom. The van der Waals surface area contributed by atoms with Crippen molar-refractivity contribution in [3.8, 4) is 0 Å². The fourth-order valence-electron chi connectivity index (χ4n) is 1.60. The Morgan fingerprint density at radius 1 is 1.41 bits per heavy atom. The molecule has 0 aliphatic carbocycles. The zero-order chi connectivity index (χ0) is 13.1. The van der Waals surface area contributed by atoms with Crippen LogP contribution in [0.25, 0.3) is 0 Å². The van der Waals surface area contributed by atoms with Gasteiger partial charge in [-0.3, -0.25) is 4.98 Å². The van der Waals surface area contributed by atoms with E-state index in [1.165, 1.54) is 6.26 Å². The minimum atomic E-state index is -2.92. The molecule has 0 bridgehead atoms. The Balaban J connectivity index is 2.53. The Hall–Kier alpha value is -0.940. The molecule has 4 nitrogen and oxygen atoms in total. The van der Waals surface area contributed by atoms with Crippen molar-refractivity contribution < 1.29 is 8.42 Å². The van der Waals surface area contributed by atoms with Crippen LogP contribution in [0.2, 0.25) is 0 Å². The largest absolute Gasteiger partial charge is 0.309 e. The summed E-state index contributed by atoms with van der Waals surface area (Å²) < 4.78 is 22.2. The topological polar surface area (TPSA) is 59.1 Å².